The van der Waals surface area contributed by atoms with Gasteiger partial charge < -0.3 is 4.74 Å². The highest BCUT2D eigenvalue weighted by atomic mass is 16.5. The van der Waals surface area contributed by atoms with Crippen molar-refractivity contribution in [3.8, 4) is 0 Å². The lowest BCUT2D eigenvalue weighted by molar-refractivity contribution is -0.143. The lowest BCUT2D eigenvalue weighted by atomic mass is 10.2. The molecular formula is C8H14O2. The molecule has 0 bridgehead atoms. The van der Waals surface area contributed by atoms with Crippen LogP contribution in [-0.4, -0.2) is 12.1 Å². The second-order valence-electron chi connectivity index (χ2n) is 2.28. The zero-order valence-electron chi connectivity index (χ0n) is 6.97. The summed E-state index contributed by atoms with van der Waals surface area (Å²) in [5, 5.41) is 0. The van der Waals surface area contributed by atoms with Crippen molar-refractivity contribution >= 4 is 5.97 Å². The van der Waals surface area contributed by atoms with Gasteiger partial charge in [0.1, 0.15) is 6.10 Å². The molecule has 58 valence electrons. The van der Waals surface area contributed by atoms with Crippen LogP contribution in [0.25, 0.3) is 0 Å². The molecule has 0 N–H and O–H groups in total. The highest BCUT2D eigenvalue weighted by molar-refractivity contribution is 5.66. The van der Waals surface area contributed by atoms with Gasteiger partial charge in [-0.1, -0.05) is 6.08 Å². The first-order valence-electron chi connectivity index (χ1n) is 3.38. The third kappa shape index (κ3) is 3.28. The molecule has 0 spiro atoms. The van der Waals surface area contributed by atoms with Crippen molar-refractivity contribution in [2.75, 3.05) is 0 Å². The lowest BCUT2D eigenvalue weighted by Gasteiger charge is -2.11. The highest BCUT2D eigenvalue weighted by Gasteiger charge is 2.04. The van der Waals surface area contributed by atoms with Crippen molar-refractivity contribution in [3.05, 3.63) is 11.6 Å². The molecule has 0 aliphatic rings. The van der Waals surface area contributed by atoms with Gasteiger partial charge in [-0.15, -0.1) is 0 Å². The Morgan fingerprint density at radius 3 is 2.30 bits per heavy atom. The largest absolute Gasteiger partial charge is 0.458 e. The van der Waals surface area contributed by atoms with Gasteiger partial charge in [0.05, 0.1) is 0 Å². The fourth-order valence-electron chi connectivity index (χ4n) is 0.577. The Labute approximate surface area is 61.9 Å². The predicted molar refractivity (Wildman–Crippen MR) is 40.7 cm³/mol. The van der Waals surface area contributed by atoms with Crippen LogP contribution in [0, 0.1) is 0 Å². The molecule has 0 aliphatic heterocycles. The molecule has 0 amide bonds. The van der Waals surface area contributed by atoms with Gasteiger partial charge >= 0.3 is 5.97 Å². The minimum atomic E-state index is -0.228. The SMILES string of the molecule is CC=C(C)C(C)OC(C)=O. The van der Waals surface area contributed by atoms with Crippen LogP contribution in [0.15, 0.2) is 11.6 Å². The monoisotopic (exact) mass is 142 g/mol. The normalized spacial score (nSPS) is 14.6. The first-order valence-corrected chi connectivity index (χ1v) is 3.38. The smallest absolute Gasteiger partial charge is 0.303 e. The van der Waals surface area contributed by atoms with Gasteiger partial charge in [-0.05, 0) is 26.3 Å². The fourth-order valence-corrected chi connectivity index (χ4v) is 0.577. The van der Waals surface area contributed by atoms with Crippen molar-refractivity contribution in [3.63, 3.8) is 0 Å². The van der Waals surface area contributed by atoms with Crippen molar-refractivity contribution < 1.29 is 9.53 Å². The first kappa shape index (κ1) is 9.21. The van der Waals surface area contributed by atoms with Crippen molar-refractivity contribution in [1.29, 1.82) is 0 Å². The van der Waals surface area contributed by atoms with E-state index < -0.39 is 0 Å². The number of carbonyl (C=O) groups excluding carboxylic acids is 1. The summed E-state index contributed by atoms with van der Waals surface area (Å²) in [6.07, 6.45) is 1.86. The molecule has 0 heterocycles. The second kappa shape index (κ2) is 4.09. The van der Waals surface area contributed by atoms with E-state index in [1.165, 1.54) is 6.92 Å². The van der Waals surface area contributed by atoms with Crippen molar-refractivity contribution in [2.45, 2.75) is 33.8 Å². The van der Waals surface area contributed by atoms with E-state index in [4.69, 9.17) is 4.74 Å². The van der Waals surface area contributed by atoms with E-state index in [9.17, 15) is 4.79 Å². The summed E-state index contributed by atoms with van der Waals surface area (Å²) in [4.78, 5) is 10.4. The van der Waals surface area contributed by atoms with Crippen LogP contribution in [0.1, 0.15) is 27.7 Å². The molecule has 0 saturated carbocycles. The molecule has 1 unspecified atom stereocenters. The van der Waals surface area contributed by atoms with E-state index in [1.807, 2.05) is 26.8 Å². The number of ether oxygens (including phenoxy) is 1. The topological polar surface area (TPSA) is 26.3 Å². The molecule has 1 atom stereocenters. The van der Waals surface area contributed by atoms with Crippen molar-refractivity contribution in [1.82, 2.24) is 0 Å². The number of esters is 1. The van der Waals surface area contributed by atoms with E-state index in [2.05, 4.69) is 0 Å². The van der Waals surface area contributed by atoms with Crippen LogP contribution < -0.4 is 0 Å². The minimum absolute atomic E-state index is 0.0810. The van der Waals surface area contributed by atoms with Gasteiger partial charge in [-0.3, -0.25) is 4.79 Å². The second-order valence-corrected chi connectivity index (χ2v) is 2.28. The van der Waals surface area contributed by atoms with E-state index in [-0.39, 0.29) is 12.1 Å². The Bertz CT molecular complexity index is 147. The average Bonchev–Trinajstić information content (AvgIpc) is 1.85. The summed E-state index contributed by atoms with van der Waals surface area (Å²) in [5.41, 5.74) is 1.08. The Balaban J connectivity index is 3.85. The van der Waals surface area contributed by atoms with Crippen LogP contribution in [0.5, 0.6) is 0 Å². The van der Waals surface area contributed by atoms with Crippen LogP contribution in [0.2, 0.25) is 0 Å². The van der Waals surface area contributed by atoms with E-state index in [0.717, 1.165) is 5.57 Å². The molecule has 0 aliphatic carbocycles. The molecule has 0 aromatic rings. The number of carbonyl (C=O) groups is 1. The average molecular weight is 142 g/mol. The molecule has 10 heavy (non-hydrogen) atoms. The van der Waals surface area contributed by atoms with Gasteiger partial charge in [-0.25, -0.2) is 0 Å². The summed E-state index contributed by atoms with van der Waals surface area (Å²) >= 11 is 0. The molecule has 2 heteroatoms. The Morgan fingerprint density at radius 2 is 2.00 bits per heavy atom. The standard InChI is InChI=1S/C8H14O2/c1-5-6(2)7(3)10-8(4)9/h5,7H,1-4H3. The van der Waals surface area contributed by atoms with Gasteiger partial charge in [0, 0.05) is 6.92 Å². The number of allylic oxidation sites excluding steroid dienone is 1. The van der Waals surface area contributed by atoms with Gasteiger partial charge in [0.15, 0.2) is 0 Å². The number of rotatable bonds is 2. The predicted octanol–water partition coefficient (Wildman–Crippen LogP) is 1.90. The number of hydrogen-bond acceptors (Lipinski definition) is 2. The Kier molecular flexibility index (Phi) is 3.77. The molecule has 0 fully saturated rings. The van der Waals surface area contributed by atoms with Crippen LogP contribution in [0.3, 0.4) is 0 Å². The molecule has 0 aromatic heterocycles. The maximum atomic E-state index is 10.4. The highest BCUT2D eigenvalue weighted by Crippen LogP contribution is 2.04. The maximum absolute atomic E-state index is 10.4. The lowest BCUT2D eigenvalue weighted by Crippen LogP contribution is -2.12. The van der Waals surface area contributed by atoms with Gasteiger partial charge in [0.25, 0.3) is 0 Å². The summed E-state index contributed by atoms with van der Waals surface area (Å²) in [6.45, 7) is 7.14. The molecular weight excluding hydrogens is 128 g/mol. The van der Waals surface area contributed by atoms with Gasteiger partial charge in [0.2, 0.25) is 0 Å². The Hall–Kier alpha value is -0.790. The first-order chi connectivity index (χ1) is 4.57. The van der Waals surface area contributed by atoms with Crippen LogP contribution in [-0.2, 0) is 9.53 Å². The third-order valence-corrected chi connectivity index (χ3v) is 1.44. The molecule has 2 nitrogen and oxygen atoms in total. The summed E-state index contributed by atoms with van der Waals surface area (Å²) in [5.74, 6) is -0.228. The van der Waals surface area contributed by atoms with E-state index >= 15 is 0 Å². The van der Waals surface area contributed by atoms with Crippen molar-refractivity contribution in [2.24, 2.45) is 0 Å². The molecule has 0 radical (unpaired) electrons. The van der Waals surface area contributed by atoms with Gasteiger partial charge in [-0.2, -0.15) is 0 Å². The van der Waals surface area contributed by atoms with E-state index in [1.54, 1.807) is 0 Å². The molecule has 0 aromatic carbocycles. The molecule has 0 rings (SSSR count). The Morgan fingerprint density at radius 1 is 1.50 bits per heavy atom. The minimum Gasteiger partial charge on any atom is -0.458 e. The molecule has 0 saturated heterocycles. The maximum Gasteiger partial charge on any atom is 0.303 e. The van der Waals surface area contributed by atoms with Crippen LogP contribution >= 0.6 is 0 Å². The van der Waals surface area contributed by atoms with E-state index in [0.29, 0.717) is 0 Å². The summed E-state index contributed by atoms with van der Waals surface area (Å²) in [7, 11) is 0. The quantitative estimate of drug-likeness (QED) is 0.435. The summed E-state index contributed by atoms with van der Waals surface area (Å²) < 4.78 is 4.90. The third-order valence-electron chi connectivity index (χ3n) is 1.44. The summed E-state index contributed by atoms with van der Waals surface area (Å²) in [6, 6.07) is 0. The zero-order valence-corrected chi connectivity index (χ0v) is 6.97. The zero-order chi connectivity index (χ0) is 8.15. The number of hydrogen-bond donors (Lipinski definition) is 0. The fraction of sp³-hybridized carbons (Fsp3) is 0.625. The van der Waals surface area contributed by atoms with Crippen LogP contribution in [0.4, 0.5) is 0 Å².